The molecule has 0 saturated carbocycles. The van der Waals surface area contributed by atoms with Gasteiger partial charge in [-0.3, -0.25) is 4.98 Å². The molecule has 0 amide bonds. The minimum atomic E-state index is -1.51. The number of aliphatic hydroxyl groups is 2. The van der Waals surface area contributed by atoms with Gasteiger partial charge in [0.1, 0.15) is 6.07 Å². The summed E-state index contributed by atoms with van der Waals surface area (Å²) in [5.41, 5.74) is 2.74. The Morgan fingerprint density at radius 1 is 1.24 bits per heavy atom. The standard InChI is InChI=1S/C17H20N2O2/c1-2-3-4-5-6-14-13(10-18)11-19-16-8-7-12(17(20)21)9-15(14)16/h7-9,11,17,20-21H,2-6H2,1H3. The number of aryl methyl sites for hydroxylation is 1. The van der Waals surface area contributed by atoms with Crippen LogP contribution in [0.2, 0.25) is 0 Å². The lowest BCUT2D eigenvalue weighted by Gasteiger charge is -2.11. The average molecular weight is 284 g/mol. The summed E-state index contributed by atoms with van der Waals surface area (Å²) in [5, 5.41) is 28.7. The topological polar surface area (TPSA) is 77.1 Å². The SMILES string of the molecule is CCCCCCc1c(C#N)cnc2ccc(C(O)O)cc12. The van der Waals surface area contributed by atoms with E-state index in [1.54, 1.807) is 24.4 Å². The Morgan fingerprint density at radius 3 is 2.71 bits per heavy atom. The lowest BCUT2D eigenvalue weighted by Crippen LogP contribution is -1.99. The molecule has 2 aromatic rings. The fourth-order valence-electron chi connectivity index (χ4n) is 2.52. The van der Waals surface area contributed by atoms with E-state index in [1.807, 2.05) is 0 Å². The summed E-state index contributed by atoms with van der Waals surface area (Å²) in [6, 6.07) is 7.33. The molecule has 0 aliphatic rings. The van der Waals surface area contributed by atoms with E-state index in [0.29, 0.717) is 11.1 Å². The number of benzene rings is 1. The summed E-state index contributed by atoms with van der Waals surface area (Å²) in [4.78, 5) is 4.27. The van der Waals surface area contributed by atoms with Crippen LogP contribution in [-0.4, -0.2) is 15.2 Å². The quantitative estimate of drug-likeness (QED) is 0.630. The highest BCUT2D eigenvalue weighted by molar-refractivity contribution is 5.84. The number of aliphatic hydroxyl groups excluding tert-OH is 1. The molecule has 0 aliphatic heterocycles. The van der Waals surface area contributed by atoms with Crippen LogP contribution in [0.4, 0.5) is 0 Å². The predicted octanol–water partition coefficient (Wildman–Crippen LogP) is 3.21. The summed E-state index contributed by atoms with van der Waals surface area (Å²) in [6.45, 7) is 2.16. The molecule has 0 fully saturated rings. The van der Waals surface area contributed by atoms with Crippen LogP contribution in [0.15, 0.2) is 24.4 Å². The molecule has 0 saturated heterocycles. The first-order chi connectivity index (χ1) is 10.2. The van der Waals surface area contributed by atoms with Crippen molar-refractivity contribution in [3.8, 4) is 6.07 Å². The summed E-state index contributed by atoms with van der Waals surface area (Å²) < 4.78 is 0. The Labute approximate surface area is 124 Å². The second kappa shape index (κ2) is 7.16. The van der Waals surface area contributed by atoms with Crippen molar-refractivity contribution in [1.82, 2.24) is 4.98 Å². The van der Waals surface area contributed by atoms with Gasteiger partial charge in [0.05, 0.1) is 11.1 Å². The molecule has 110 valence electrons. The van der Waals surface area contributed by atoms with E-state index in [2.05, 4.69) is 18.0 Å². The number of nitrogens with zero attached hydrogens (tertiary/aromatic N) is 2. The second-order valence-corrected chi connectivity index (χ2v) is 5.22. The molecular weight excluding hydrogens is 264 g/mol. The van der Waals surface area contributed by atoms with Gasteiger partial charge in [-0.2, -0.15) is 5.26 Å². The zero-order chi connectivity index (χ0) is 15.2. The number of pyridine rings is 1. The van der Waals surface area contributed by atoms with Gasteiger partial charge in [0.15, 0.2) is 6.29 Å². The van der Waals surface area contributed by atoms with Crippen molar-refractivity contribution in [3.63, 3.8) is 0 Å². The van der Waals surface area contributed by atoms with Gasteiger partial charge in [-0.05, 0) is 30.5 Å². The fraction of sp³-hybridized carbons (Fsp3) is 0.412. The van der Waals surface area contributed by atoms with Crippen molar-refractivity contribution in [3.05, 3.63) is 41.1 Å². The van der Waals surface area contributed by atoms with Gasteiger partial charge < -0.3 is 10.2 Å². The molecule has 4 heteroatoms. The summed E-state index contributed by atoms with van der Waals surface area (Å²) in [6.07, 6.45) is 5.42. The second-order valence-electron chi connectivity index (χ2n) is 5.22. The summed E-state index contributed by atoms with van der Waals surface area (Å²) >= 11 is 0. The Morgan fingerprint density at radius 2 is 2.05 bits per heavy atom. The van der Waals surface area contributed by atoms with Gasteiger partial charge in [-0.1, -0.05) is 32.3 Å². The Kier molecular flexibility index (Phi) is 5.26. The number of unbranched alkanes of at least 4 members (excludes halogenated alkanes) is 3. The zero-order valence-electron chi connectivity index (χ0n) is 12.2. The molecule has 0 radical (unpaired) electrons. The van der Waals surface area contributed by atoms with Crippen molar-refractivity contribution < 1.29 is 10.2 Å². The van der Waals surface area contributed by atoms with Crippen LogP contribution in [0.25, 0.3) is 10.9 Å². The average Bonchev–Trinajstić information content (AvgIpc) is 2.50. The molecule has 1 aromatic heterocycles. The van der Waals surface area contributed by atoms with Crippen LogP contribution in [-0.2, 0) is 6.42 Å². The summed E-state index contributed by atoms with van der Waals surface area (Å²) in [5.74, 6) is 0. The van der Waals surface area contributed by atoms with Crippen LogP contribution in [0, 0.1) is 11.3 Å². The molecule has 21 heavy (non-hydrogen) atoms. The van der Waals surface area contributed by atoms with Crippen LogP contribution in [0.3, 0.4) is 0 Å². The lowest BCUT2D eigenvalue weighted by atomic mass is 9.97. The smallest absolute Gasteiger partial charge is 0.178 e. The Balaban J connectivity index is 2.42. The maximum atomic E-state index is 9.32. The molecule has 4 nitrogen and oxygen atoms in total. The molecule has 0 spiro atoms. The molecule has 0 aliphatic carbocycles. The molecule has 1 aromatic carbocycles. The first kappa shape index (κ1) is 15.4. The minimum absolute atomic E-state index is 0.425. The highest BCUT2D eigenvalue weighted by Crippen LogP contribution is 2.25. The lowest BCUT2D eigenvalue weighted by molar-refractivity contribution is -0.0423. The van der Waals surface area contributed by atoms with Gasteiger partial charge in [0, 0.05) is 17.1 Å². The number of nitriles is 1. The number of hydrogen-bond donors (Lipinski definition) is 2. The maximum Gasteiger partial charge on any atom is 0.178 e. The van der Waals surface area contributed by atoms with Gasteiger partial charge in [0.25, 0.3) is 0 Å². The fourth-order valence-corrected chi connectivity index (χ4v) is 2.52. The molecule has 2 rings (SSSR count). The van der Waals surface area contributed by atoms with E-state index in [4.69, 9.17) is 0 Å². The van der Waals surface area contributed by atoms with Gasteiger partial charge in [0.2, 0.25) is 0 Å². The first-order valence-corrected chi connectivity index (χ1v) is 7.35. The van der Waals surface area contributed by atoms with Crippen LogP contribution in [0.1, 0.15) is 55.6 Å². The van der Waals surface area contributed by atoms with Crippen molar-refractivity contribution >= 4 is 10.9 Å². The third-order valence-corrected chi connectivity index (χ3v) is 3.70. The number of fused-ring (bicyclic) bond motifs is 1. The molecule has 0 bridgehead atoms. The molecule has 2 N–H and O–H groups in total. The highest BCUT2D eigenvalue weighted by atomic mass is 16.5. The molecule has 1 heterocycles. The van der Waals surface area contributed by atoms with E-state index in [-0.39, 0.29) is 0 Å². The first-order valence-electron chi connectivity index (χ1n) is 7.35. The van der Waals surface area contributed by atoms with Gasteiger partial charge >= 0.3 is 0 Å². The third-order valence-electron chi connectivity index (χ3n) is 3.70. The Hall–Kier alpha value is -1.96. The van der Waals surface area contributed by atoms with Crippen molar-refractivity contribution in [2.24, 2.45) is 0 Å². The maximum absolute atomic E-state index is 9.32. The monoisotopic (exact) mass is 284 g/mol. The highest BCUT2D eigenvalue weighted by Gasteiger charge is 2.11. The normalized spacial score (nSPS) is 11.0. The van der Waals surface area contributed by atoms with Crippen molar-refractivity contribution in [1.29, 1.82) is 5.26 Å². The number of rotatable bonds is 6. The van der Waals surface area contributed by atoms with Crippen LogP contribution in [0.5, 0.6) is 0 Å². The Bertz CT molecular complexity index is 660. The predicted molar refractivity (Wildman–Crippen MR) is 81.5 cm³/mol. The van der Waals surface area contributed by atoms with Crippen molar-refractivity contribution in [2.45, 2.75) is 45.3 Å². The molecule has 0 atom stereocenters. The third kappa shape index (κ3) is 3.57. The van der Waals surface area contributed by atoms with Crippen LogP contribution >= 0.6 is 0 Å². The summed E-state index contributed by atoms with van der Waals surface area (Å²) in [7, 11) is 0. The number of hydrogen-bond acceptors (Lipinski definition) is 4. The van der Waals surface area contributed by atoms with Crippen molar-refractivity contribution in [2.75, 3.05) is 0 Å². The number of aromatic nitrogens is 1. The molecular formula is C17H20N2O2. The van der Waals surface area contributed by atoms with E-state index in [0.717, 1.165) is 35.7 Å². The van der Waals surface area contributed by atoms with E-state index < -0.39 is 6.29 Å². The van der Waals surface area contributed by atoms with Gasteiger partial charge in [-0.15, -0.1) is 0 Å². The minimum Gasteiger partial charge on any atom is -0.364 e. The zero-order valence-corrected chi connectivity index (χ0v) is 12.2. The largest absolute Gasteiger partial charge is 0.364 e. The van der Waals surface area contributed by atoms with Gasteiger partial charge in [-0.25, -0.2) is 0 Å². The van der Waals surface area contributed by atoms with E-state index in [1.165, 1.54) is 12.8 Å². The van der Waals surface area contributed by atoms with E-state index >= 15 is 0 Å². The molecule has 0 unspecified atom stereocenters. The van der Waals surface area contributed by atoms with Crippen LogP contribution < -0.4 is 0 Å². The van der Waals surface area contributed by atoms with E-state index in [9.17, 15) is 15.5 Å².